The van der Waals surface area contributed by atoms with Gasteiger partial charge in [0, 0.05) is 47.9 Å². The zero-order valence-electron chi connectivity index (χ0n) is 18.0. The molecule has 7 heteroatoms. The Hall–Kier alpha value is -2.60. The van der Waals surface area contributed by atoms with Crippen molar-refractivity contribution in [3.05, 3.63) is 58.4 Å². The summed E-state index contributed by atoms with van der Waals surface area (Å²) in [7, 11) is 0. The molecule has 0 saturated carbocycles. The van der Waals surface area contributed by atoms with Crippen LogP contribution in [0.5, 0.6) is 0 Å². The number of nitrogens with zero attached hydrogens (tertiary/aromatic N) is 4. The van der Waals surface area contributed by atoms with E-state index in [9.17, 15) is 4.79 Å². The summed E-state index contributed by atoms with van der Waals surface area (Å²) in [6.45, 7) is 12.9. The van der Waals surface area contributed by atoms with E-state index < -0.39 is 0 Å². The number of rotatable bonds is 5. The highest BCUT2D eigenvalue weighted by atomic mass is 35.5. The number of halogens is 1. The topological polar surface area (TPSA) is 64.7 Å². The number of aromatic nitrogens is 4. The van der Waals surface area contributed by atoms with Crippen LogP contribution in [-0.2, 0) is 6.54 Å². The molecule has 29 heavy (non-hydrogen) atoms. The molecule has 3 aromatic heterocycles. The molecule has 3 aromatic rings. The van der Waals surface area contributed by atoms with Crippen LogP contribution in [0.25, 0.3) is 16.8 Å². The van der Waals surface area contributed by atoms with Crippen molar-refractivity contribution in [3.63, 3.8) is 0 Å². The van der Waals surface area contributed by atoms with Crippen LogP contribution in [0.4, 0.5) is 5.82 Å². The second kappa shape index (κ2) is 9.74. The Morgan fingerprint density at radius 2 is 1.86 bits per heavy atom. The summed E-state index contributed by atoms with van der Waals surface area (Å²) >= 11 is 6.47. The number of nitrogens with one attached hydrogen (secondary N) is 1. The van der Waals surface area contributed by atoms with Gasteiger partial charge < -0.3 is 9.88 Å². The molecule has 0 saturated heterocycles. The maximum atomic E-state index is 11.9. The standard InChI is InChI=1S/C20H24ClN5O.C2H6/c1-5-8-25-13-15(6-7-19(25)27)26-12-14(10-23-26)16-11-22-18(9-17(16)21)24-20(2,3)4;1-2/h6-7,9-13H,5,8H2,1-4H3,(H,22,24);1-2H3. The molecule has 1 N–H and O–H groups in total. The quantitative estimate of drug-likeness (QED) is 0.606. The van der Waals surface area contributed by atoms with Crippen molar-refractivity contribution in [1.82, 2.24) is 19.3 Å². The number of anilines is 1. The zero-order chi connectivity index (χ0) is 21.6. The summed E-state index contributed by atoms with van der Waals surface area (Å²) in [5.41, 5.74) is 2.39. The van der Waals surface area contributed by atoms with Gasteiger partial charge in [0.25, 0.3) is 5.56 Å². The Bertz CT molecular complexity index is 1000. The number of hydrogen-bond acceptors (Lipinski definition) is 4. The zero-order valence-corrected chi connectivity index (χ0v) is 18.8. The fourth-order valence-corrected chi connectivity index (χ4v) is 3.03. The van der Waals surface area contributed by atoms with Gasteiger partial charge in [0.15, 0.2) is 0 Å². The summed E-state index contributed by atoms with van der Waals surface area (Å²) < 4.78 is 3.43. The van der Waals surface area contributed by atoms with E-state index in [0.29, 0.717) is 11.6 Å². The van der Waals surface area contributed by atoms with E-state index in [1.54, 1.807) is 33.8 Å². The Kier molecular flexibility index (Phi) is 7.62. The third-order valence-corrected chi connectivity index (χ3v) is 4.26. The van der Waals surface area contributed by atoms with E-state index >= 15 is 0 Å². The molecular weight excluding hydrogens is 386 g/mol. The molecule has 0 aliphatic heterocycles. The molecule has 0 atom stereocenters. The van der Waals surface area contributed by atoms with Crippen molar-refractivity contribution in [2.75, 3.05) is 5.32 Å². The SMILES string of the molecule is CC.CCCn1cc(-n2cc(-c3cnc(NC(C)(C)C)cc3Cl)cn2)ccc1=O. The highest BCUT2D eigenvalue weighted by Gasteiger charge is 2.13. The summed E-state index contributed by atoms with van der Waals surface area (Å²) in [6, 6.07) is 5.15. The molecule has 3 heterocycles. The van der Waals surface area contributed by atoms with E-state index in [4.69, 9.17) is 11.6 Å². The van der Waals surface area contributed by atoms with Gasteiger partial charge in [-0.1, -0.05) is 32.4 Å². The van der Waals surface area contributed by atoms with Crippen molar-refractivity contribution < 1.29 is 0 Å². The average molecular weight is 416 g/mol. The highest BCUT2D eigenvalue weighted by molar-refractivity contribution is 6.33. The fraction of sp³-hybridized carbons (Fsp3) is 0.409. The van der Waals surface area contributed by atoms with Crippen molar-refractivity contribution >= 4 is 17.4 Å². The van der Waals surface area contributed by atoms with Gasteiger partial charge in [-0.15, -0.1) is 0 Å². The first-order valence-corrected chi connectivity index (χ1v) is 10.3. The minimum atomic E-state index is -0.0929. The van der Waals surface area contributed by atoms with E-state index in [1.807, 2.05) is 39.2 Å². The van der Waals surface area contributed by atoms with Crippen LogP contribution in [0.3, 0.4) is 0 Å². The molecule has 156 valence electrons. The Balaban J connectivity index is 0.00000145. The van der Waals surface area contributed by atoms with Gasteiger partial charge in [-0.25, -0.2) is 9.67 Å². The minimum Gasteiger partial charge on any atom is -0.365 e. The van der Waals surface area contributed by atoms with Gasteiger partial charge in [0.1, 0.15) is 5.82 Å². The minimum absolute atomic E-state index is 0.0119. The summed E-state index contributed by atoms with van der Waals surface area (Å²) in [5, 5.41) is 8.33. The second-order valence-corrected chi connectivity index (χ2v) is 7.92. The Morgan fingerprint density at radius 3 is 2.48 bits per heavy atom. The van der Waals surface area contributed by atoms with E-state index in [0.717, 1.165) is 29.1 Å². The maximum absolute atomic E-state index is 11.9. The Morgan fingerprint density at radius 1 is 1.14 bits per heavy atom. The molecular formula is C22H30ClN5O. The predicted molar refractivity (Wildman–Crippen MR) is 121 cm³/mol. The molecule has 0 fully saturated rings. The third kappa shape index (κ3) is 5.94. The van der Waals surface area contributed by atoms with Crippen molar-refractivity contribution in [2.24, 2.45) is 0 Å². The lowest BCUT2D eigenvalue weighted by Gasteiger charge is -2.21. The molecule has 0 aliphatic carbocycles. The van der Waals surface area contributed by atoms with Crippen LogP contribution in [0, 0.1) is 0 Å². The van der Waals surface area contributed by atoms with Gasteiger partial charge >= 0.3 is 0 Å². The first-order valence-electron chi connectivity index (χ1n) is 9.96. The average Bonchev–Trinajstić information content (AvgIpc) is 3.14. The van der Waals surface area contributed by atoms with E-state index in [1.165, 1.54) is 0 Å². The monoisotopic (exact) mass is 415 g/mol. The lowest BCUT2D eigenvalue weighted by molar-refractivity contribution is 0.630. The molecule has 0 bridgehead atoms. The van der Waals surface area contributed by atoms with Gasteiger partial charge in [-0.3, -0.25) is 4.79 Å². The lowest BCUT2D eigenvalue weighted by atomic mass is 10.1. The van der Waals surface area contributed by atoms with Gasteiger partial charge in [-0.2, -0.15) is 5.10 Å². The molecule has 3 rings (SSSR count). The summed E-state index contributed by atoms with van der Waals surface area (Å²) in [5.74, 6) is 0.732. The molecule has 0 aliphatic rings. The number of aryl methyl sites for hydroxylation is 1. The predicted octanol–water partition coefficient (Wildman–Crippen LogP) is 5.40. The summed E-state index contributed by atoms with van der Waals surface area (Å²) in [6.07, 6.45) is 8.09. The fourth-order valence-electron chi connectivity index (χ4n) is 2.77. The number of pyridine rings is 2. The number of hydrogen-bond donors (Lipinski definition) is 1. The van der Waals surface area contributed by atoms with Crippen molar-refractivity contribution in [1.29, 1.82) is 0 Å². The summed E-state index contributed by atoms with van der Waals surface area (Å²) in [4.78, 5) is 16.4. The van der Waals surface area contributed by atoms with Gasteiger partial charge in [-0.05, 0) is 39.3 Å². The largest absolute Gasteiger partial charge is 0.365 e. The molecule has 0 unspecified atom stereocenters. The van der Waals surface area contributed by atoms with Crippen LogP contribution in [0.2, 0.25) is 5.02 Å². The first-order chi connectivity index (χ1) is 13.8. The van der Waals surface area contributed by atoms with Crippen molar-refractivity contribution in [3.8, 4) is 16.8 Å². The second-order valence-electron chi connectivity index (χ2n) is 7.52. The third-order valence-electron chi connectivity index (χ3n) is 3.95. The van der Waals surface area contributed by atoms with Crippen LogP contribution in [-0.4, -0.2) is 24.9 Å². The normalized spacial score (nSPS) is 11.0. The first kappa shape index (κ1) is 22.7. The van der Waals surface area contributed by atoms with E-state index in [-0.39, 0.29) is 11.1 Å². The van der Waals surface area contributed by atoms with Crippen LogP contribution < -0.4 is 10.9 Å². The van der Waals surface area contributed by atoms with Crippen LogP contribution in [0.15, 0.2) is 47.8 Å². The van der Waals surface area contributed by atoms with E-state index in [2.05, 4.69) is 36.2 Å². The molecule has 0 amide bonds. The molecule has 0 spiro atoms. The lowest BCUT2D eigenvalue weighted by Crippen LogP contribution is -2.26. The van der Waals surface area contributed by atoms with Gasteiger partial charge in [0.2, 0.25) is 0 Å². The highest BCUT2D eigenvalue weighted by Crippen LogP contribution is 2.29. The molecule has 0 radical (unpaired) electrons. The maximum Gasteiger partial charge on any atom is 0.250 e. The molecule has 6 nitrogen and oxygen atoms in total. The van der Waals surface area contributed by atoms with Crippen molar-refractivity contribution in [2.45, 2.75) is 60.0 Å². The van der Waals surface area contributed by atoms with Crippen LogP contribution >= 0.6 is 11.6 Å². The van der Waals surface area contributed by atoms with Crippen LogP contribution in [0.1, 0.15) is 48.0 Å². The smallest absolute Gasteiger partial charge is 0.250 e. The molecule has 0 aromatic carbocycles. The van der Waals surface area contributed by atoms with Gasteiger partial charge in [0.05, 0.1) is 16.9 Å². The Labute approximate surface area is 177 Å².